The van der Waals surface area contributed by atoms with E-state index in [0.29, 0.717) is 17.9 Å². The Bertz CT molecular complexity index is 955. The van der Waals surface area contributed by atoms with Crippen molar-refractivity contribution in [1.29, 1.82) is 0 Å². The number of amides is 1. The molecule has 0 radical (unpaired) electrons. The molecule has 5 nitrogen and oxygen atoms in total. The normalized spacial score (nSPS) is 16.3. The number of carbonyl (C=O) groups is 1. The first-order chi connectivity index (χ1) is 12.8. The summed E-state index contributed by atoms with van der Waals surface area (Å²) in [4.78, 5) is 12.5. The minimum Gasteiger partial charge on any atom is -0.326 e. The number of nitrogens with one attached hydrogen (secondary N) is 1. The number of rotatable bonds is 4. The highest BCUT2D eigenvalue weighted by atomic mass is 35.5. The maximum Gasteiger partial charge on any atom is 0.244 e. The second kappa shape index (κ2) is 8.19. The lowest BCUT2D eigenvalue weighted by Gasteiger charge is -2.30. The third kappa shape index (κ3) is 4.46. The fourth-order valence-electron chi connectivity index (χ4n) is 3.12. The average molecular weight is 427 g/mol. The largest absolute Gasteiger partial charge is 0.326 e. The van der Waals surface area contributed by atoms with Crippen LogP contribution in [-0.4, -0.2) is 31.7 Å². The molecule has 3 rings (SSSR count). The van der Waals surface area contributed by atoms with Gasteiger partial charge in [-0.15, -0.1) is 0 Å². The van der Waals surface area contributed by atoms with Crippen LogP contribution in [0.25, 0.3) is 0 Å². The van der Waals surface area contributed by atoms with E-state index in [9.17, 15) is 13.2 Å². The van der Waals surface area contributed by atoms with Gasteiger partial charge in [-0.05, 0) is 49.6 Å². The van der Waals surface area contributed by atoms with Crippen LogP contribution in [0, 0.1) is 12.8 Å². The maximum atomic E-state index is 12.9. The van der Waals surface area contributed by atoms with Crippen LogP contribution < -0.4 is 5.32 Å². The molecule has 0 saturated carbocycles. The Balaban J connectivity index is 1.67. The molecule has 1 N–H and O–H groups in total. The second-order valence-electron chi connectivity index (χ2n) is 6.56. The maximum absolute atomic E-state index is 12.9. The van der Waals surface area contributed by atoms with Crippen molar-refractivity contribution >= 4 is 44.8 Å². The Hall–Kier alpha value is -1.60. The predicted molar refractivity (Wildman–Crippen MR) is 108 cm³/mol. The first kappa shape index (κ1) is 20.1. The van der Waals surface area contributed by atoms with Gasteiger partial charge in [0.05, 0.1) is 5.02 Å². The molecule has 1 saturated heterocycles. The molecule has 0 spiro atoms. The topological polar surface area (TPSA) is 66.5 Å². The number of piperidine rings is 1. The highest BCUT2D eigenvalue weighted by molar-refractivity contribution is 7.89. The van der Waals surface area contributed by atoms with E-state index < -0.39 is 10.0 Å². The third-order valence-corrected chi connectivity index (χ3v) is 7.35. The number of para-hydroxylation sites is 1. The van der Waals surface area contributed by atoms with Gasteiger partial charge in [-0.2, -0.15) is 4.31 Å². The van der Waals surface area contributed by atoms with E-state index in [1.165, 1.54) is 16.4 Å². The van der Waals surface area contributed by atoms with Gasteiger partial charge in [0.15, 0.2) is 0 Å². The summed E-state index contributed by atoms with van der Waals surface area (Å²) in [6.07, 6.45) is 0.907. The Morgan fingerprint density at radius 3 is 2.44 bits per heavy atom. The first-order valence-corrected chi connectivity index (χ1v) is 10.8. The van der Waals surface area contributed by atoms with E-state index >= 15 is 0 Å². The van der Waals surface area contributed by atoms with Crippen LogP contribution in [0.4, 0.5) is 5.69 Å². The van der Waals surface area contributed by atoms with Gasteiger partial charge in [0.2, 0.25) is 15.9 Å². The molecule has 27 heavy (non-hydrogen) atoms. The summed E-state index contributed by atoms with van der Waals surface area (Å²) in [7, 11) is -3.74. The van der Waals surface area contributed by atoms with Crippen LogP contribution in [0.15, 0.2) is 47.4 Å². The first-order valence-electron chi connectivity index (χ1n) is 8.61. The summed E-state index contributed by atoms with van der Waals surface area (Å²) in [5.41, 5.74) is 1.77. The lowest BCUT2D eigenvalue weighted by Crippen LogP contribution is -2.41. The number of aryl methyl sites for hydroxylation is 1. The van der Waals surface area contributed by atoms with E-state index in [1.54, 1.807) is 6.07 Å². The molecule has 1 heterocycles. The molecule has 1 aliphatic rings. The molecular formula is C19H20Cl2N2O3S. The van der Waals surface area contributed by atoms with Gasteiger partial charge in [0.1, 0.15) is 4.90 Å². The fraction of sp³-hybridized carbons (Fsp3) is 0.316. The molecule has 2 aromatic carbocycles. The highest BCUT2D eigenvalue weighted by Crippen LogP contribution is 2.30. The number of anilines is 1. The molecule has 2 aromatic rings. The van der Waals surface area contributed by atoms with Gasteiger partial charge in [-0.1, -0.05) is 41.4 Å². The molecule has 0 unspecified atom stereocenters. The van der Waals surface area contributed by atoms with Crippen molar-refractivity contribution in [1.82, 2.24) is 4.31 Å². The zero-order chi connectivity index (χ0) is 19.6. The number of halogens is 2. The molecule has 144 valence electrons. The van der Waals surface area contributed by atoms with Crippen molar-refractivity contribution in [2.45, 2.75) is 24.7 Å². The predicted octanol–water partition coefficient (Wildman–Crippen LogP) is 4.34. The monoisotopic (exact) mass is 426 g/mol. The lowest BCUT2D eigenvalue weighted by molar-refractivity contribution is -0.120. The minimum absolute atomic E-state index is 0.000483. The molecule has 8 heteroatoms. The van der Waals surface area contributed by atoms with Gasteiger partial charge in [-0.3, -0.25) is 4.79 Å². The van der Waals surface area contributed by atoms with E-state index in [2.05, 4.69) is 5.32 Å². The molecule has 1 fully saturated rings. The van der Waals surface area contributed by atoms with E-state index in [-0.39, 0.29) is 34.8 Å². The standard InChI is InChI=1S/C19H20Cl2N2O3S/c1-13-4-2-3-5-17(13)22-19(24)14-8-10-23(11-9-14)27(25,26)18-12-15(20)6-7-16(18)21/h2-7,12,14H,8-11H2,1H3,(H,22,24). The van der Waals surface area contributed by atoms with Gasteiger partial charge < -0.3 is 5.32 Å². The molecule has 1 amide bonds. The van der Waals surface area contributed by atoms with E-state index in [4.69, 9.17) is 23.2 Å². The number of carbonyl (C=O) groups excluding carboxylic acids is 1. The van der Waals surface area contributed by atoms with Crippen LogP contribution in [0.3, 0.4) is 0 Å². The van der Waals surface area contributed by atoms with Gasteiger partial charge in [0.25, 0.3) is 0 Å². The van der Waals surface area contributed by atoms with Crippen molar-refractivity contribution in [2.75, 3.05) is 18.4 Å². The smallest absolute Gasteiger partial charge is 0.244 e. The molecule has 0 bridgehead atoms. The molecule has 1 aliphatic heterocycles. The number of hydrogen-bond acceptors (Lipinski definition) is 3. The Morgan fingerprint density at radius 2 is 1.78 bits per heavy atom. The van der Waals surface area contributed by atoms with Gasteiger partial charge in [-0.25, -0.2) is 8.42 Å². The van der Waals surface area contributed by atoms with E-state index in [1.807, 2.05) is 31.2 Å². The summed E-state index contributed by atoms with van der Waals surface area (Å²) in [6, 6.07) is 11.9. The van der Waals surface area contributed by atoms with Crippen LogP contribution in [-0.2, 0) is 14.8 Å². The quantitative estimate of drug-likeness (QED) is 0.790. The SMILES string of the molecule is Cc1ccccc1NC(=O)C1CCN(S(=O)(=O)c2cc(Cl)ccc2Cl)CC1. The van der Waals surface area contributed by atoms with Crippen molar-refractivity contribution in [3.63, 3.8) is 0 Å². The van der Waals surface area contributed by atoms with Crippen LogP contribution in [0.1, 0.15) is 18.4 Å². The molecule has 0 atom stereocenters. The van der Waals surface area contributed by atoms with Gasteiger partial charge >= 0.3 is 0 Å². The summed E-state index contributed by atoms with van der Waals surface area (Å²) < 4.78 is 27.1. The lowest BCUT2D eigenvalue weighted by atomic mass is 9.97. The van der Waals surface area contributed by atoms with Crippen LogP contribution >= 0.6 is 23.2 Å². The number of sulfonamides is 1. The number of benzene rings is 2. The van der Waals surface area contributed by atoms with Crippen LogP contribution in [0.5, 0.6) is 0 Å². The summed E-state index contributed by atoms with van der Waals surface area (Å²) in [5, 5.41) is 3.38. The number of nitrogens with zero attached hydrogens (tertiary/aromatic N) is 1. The third-order valence-electron chi connectivity index (χ3n) is 4.74. The summed E-state index contributed by atoms with van der Waals surface area (Å²) >= 11 is 12.0. The Kier molecular flexibility index (Phi) is 6.11. The molecular weight excluding hydrogens is 407 g/mol. The minimum atomic E-state index is -3.74. The number of hydrogen-bond donors (Lipinski definition) is 1. The van der Waals surface area contributed by atoms with Crippen molar-refractivity contribution in [3.8, 4) is 0 Å². The van der Waals surface area contributed by atoms with Gasteiger partial charge in [0, 0.05) is 29.7 Å². The second-order valence-corrected chi connectivity index (χ2v) is 9.31. The molecule has 0 aliphatic carbocycles. The van der Waals surface area contributed by atoms with Crippen LogP contribution in [0.2, 0.25) is 10.0 Å². The summed E-state index contributed by atoms with van der Waals surface area (Å²) in [6.45, 7) is 2.45. The van der Waals surface area contributed by atoms with E-state index in [0.717, 1.165) is 11.3 Å². The summed E-state index contributed by atoms with van der Waals surface area (Å²) in [5.74, 6) is -0.312. The van der Waals surface area contributed by atoms with Crippen molar-refractivity contribution < 1.29 is 13.2 Å². The van der Waals surface area contributed by atoms with Crippen molar-refractivity contribution in [3.05, 3.63) is 58.1 Å². The molecule has 0 aromatic heterocycles. The zero-order valence-electron chi connectivity index (χ0n) is 14.8. The highest BCUT2D eigenvalue weighted by Gasteiger charge is 2.33. The zero-order valence-corrected chi connectivity index (χ0v) is 17.1. The Morgan fingerprint density at radius 1 is 1.11 bits per heavy atom. The fourth-order valence-corrected chi connectivity index (χ4v) is 5.33. The average Bonchev–Trinajstić information content (AvgIpc) is 2.65. The van der Waals surface area contributed by atoms with Crippen molar-refractivity contribution in [2.24, 2.45) is 5.92 Å². The Labute approximate surface area is 169 Å².